The number of benzene rings is 2. The summed E-state index contributed by atoms with van der Waals surface area (Å²) >= 11 is 0. The first kappa shape index (κ1) is 21.4. The predicted molar refractivity (Wildman–Crippen MR) is 113 cm³/mol. The largest absolute Gasteiger partial charge is 0.481 e. The quantitative estimate of drug-likeness (QED) is 0.440. The van der Waals surface area contributed by atoms with Gasteiger partial charge in [-0.25, -0.2) is 4.98 Å². The highest BCUT2D eigenvalue weighted by Gasteiger charge is 2.13. The number of hydrogen-bond acceptors (Lipinski definition) is 5. The Hall–Kier alpha value is -4.27. The monoisotopic (exact) mass is 420 g/mol. The number of carboxylic acid groups (broad SMARTS) is 1. The van der Waals surface area contributed by atoms with Gasteiger partial charge in [0.15, 0.2) is 0 Å². The normalized spacial score (nSPS) is 10.3. The van der Waals surface area contributed by atoms with E-state index in [9.17, 15) is 19.2 Å². The zero-order chi connectivity index (χ0) is 22.2. The first-order valence-corrected chi connectivity index (χ1v) is 9.46. The Balaban J connectivity index is 1.61. The van der Waals surface area contributed by atoms with Crippen molar-refractivity contribution in [3.05, 3.63) is 82.3 Å². The minimum absolute atomic E-state index is 0.160. The van der Waals surface area contributed by atoms with E-state index in [1.807, 2.05) is 54.6 Å². The van der Waals surface area contributed by atoms with Gasteiger partial charge in [-0.1, -0.05) is 48.5 Å². The number of carboxylic acids is 1. The standard InChI is InChI=1S/C22H20N4O5/c27-18(9-10-19(28)29)25-22-24-13-17(21(31)26-22)20(30)23-12-14-5-4-8-16(11-14)15-6-2-1-3-7-15/h1-8,11,13H,9-10,12H2,(H,23,30)(H,28,29)(H2,24,25,26,27,31). The van der Waals surface area contributed by atoms with E-state index in [-0.39, 0.29) is 30.9 Å². The molecular formula is C22H20N4O5. The van der Waals surface area contributed by atoms with Crippen molar-refractivity contribution < 1.29 is 19.5 Å². The van der Waals surface area contributed by atoms with E-state index in [0.717, 1.165) is 22.9 Å². The van der Waals surface area contributed by atoms with Crippen molar-refractivity contribution in [2.45, 2.75) is 19.4 Å². The van der Waals surface area contributed by atoms with Crippen LogP contribution in [0.1, 0.15) is 28.8 Å². The van der Waals surface area contributed by atoms with Crippen molar-refractivity contribution >= 4 is 23.7 Å². The van der Waals surface area contributed by atoms with Crippen LogP contribution in [0, 0.1) is 0 Å². The Kier molecular flexibility index (Phi) is 6.89. The highest BCUT2D eigenvalue weighted by molar-refractivity contribution is 5.94. The molecule has 2 amide bonds. The molecule has 0 spiro atoms. The van der Waals surface area contributed by atoms with Crippen molar-refractivity contribution in [1.29, 1.82) is 0 Å². The van der Waals surface area contributed by atoms with Gasteiger partial charge in [0.1, 0.15) is 5.56 Å². The lowest BCUT2D eigenvalue weighted by molar-refractivity contribution is -0.138. The molecule has 0 saturated heterocycles. The molecule has 1 heterocycles. The SMILES string of the molecule is O=C(O)CCC(=O)Nc1ncc(C(=O)NCc2cccc(-c3ccccc3)c2)c(=O)[nH]1. The highest BCUT2D eigenvalue weighted by Crippen LogP contribution is 2.19. The number of aliphatic carboxylic acids is 1. The van der Waals surface area contributed by atoms with Crippen molar-refractivity contribution in [3.63, 3.8) is 0 Å². The van der Waals surface area contributed by atoms with Crippen molar-refractivity contribution in [1.82, 2.24) is 15.3 Å². The maximum atomic E-state index is 12.4. The molecule has 0 radical (unpaired) electrons. The van der Waals surface area contributed by atoms with Crippen LogP contribution >= 0.6 is 0 Å². The van der Waals surface area contributed by atoms with Gasteiger partial charge in [0.05, 0.1) is 6.42 Å². The zero-order valence-electron chi connectivity index (χ0n) is 16.4. The fourth-order valence-corrected chi connectivity index (χ4v) is 2.80. The van der Waals surface area contributed by atoms with Crippen LogP contribution in [0.3, 0.4) is 0 Å². The fraction of sp³-hybridized carbons (Fsp3) is 0.136. The second kappa shape index (κ2) is 9.97. The third kappa shape index (κ3) is 6.10. The van der Waals surface area contributed by atoms with Gasteiger partial charge in [-0.2, -0.15) is 0 Å². The minimum Gasteiger partial charge on any atom is -0.481 e. The lowest BCUT2D eigenvalue weighted by Gasteiger charge is -2.08. The summed E-state index contributed by atoms with van der Waals surface area (Å²) in [6.07, 6.45) is 0.451. The molecule has 0 aliphatic carbocycles. The van der Waals surface area contributed by atoms with Crippen LogP contribution in [0.2, 0.25) is 0 Å². The lowest BCUT2D eigenvalue weighted by Crippen LogP contribution is -2.30. The molecule has 31 heavy (non-hydrogen) atoms. The highest BCUT2D eigenvalue weighted by atomic mass is 16.4. The second-order valence-electron chi connectivity index (χ2n) is 6.67. The molecule has 4 N–H and O–H groups in total. The zero-order valence-corrected chi connectivity index (χ0v) is 16.4. The number of aromatic amines is 1. The molecule has 0 atom stereocenters. The number of anilines is 1. The summed E-state index contributed by atoms with van der Waals surface area (Å²) in [4.78, 5) is 52.8. The first-order valence-electron chi connectivity index (χ1n) is 9.46. The first-order chi connectivity index (χ1) is 14.9. The molecule has 0 aliphatic rings. The van der Waals surface area contributed by atoms with E-state index in [1.54, 1.807) is 0 Å². The molecule has 0 saturated carbocycles. The van der Waals surface area contributed by atoms with Gasteiger partial charge in [-0.15, -0.1) is 0 Å². The van der Waals surface area contributed by atoms with Gasteiger partial charge in [-0.05, 0) is 22.8 Å². The van der Waals surface area contributed by atoms with Crippen LogP contribution in [0.15, 0.2) is 65.6 Å². The Labute approximate surface area is 177 Å². The van der Waals surface area contributed by atoms with Gasteiger partial charge in [-0.3, -0.25) is 29.5 Å². The summed E-state index contributed by atoms with van der Waals surface area (Å²) < 4.78 is 0. The molecule has 9 nitrogen and oxygen atoms in total. The summed E-state index contributed by atoms with van der Waals surface area (Å²) in [5, 5.41) is 13.5. The molecular weight excluding hydrogens is 400 g/mol. The van der Waals surface area contributed by atoms with Gasteiger partial charge in [0.2, 0.25) is 11.9 Å². The summed E-state index contributed by atoms with van der Waals surface area (Å²) in [5.41, 5.74) is 2.00. The van der Waals surface area contributed by atoms with E-state index >= 15 is 0 Å². The molecule has 2 aromatic carbocycles. The molecule has 9 heteroatoms. The van der Waals surface area contributed by atoms with Crippen LogP contribution < -0.4 is 16.2 Å². The molecule has 3 aromatic rings. The van der Waals surface area contributed by atoms with E-state index in [0.29, 0.717) is 0 Å². The maximum Gasteiger partial charge on any atom is 0.303 e. The fourth-order valence-electron chi connectivity index (χ4n) is 2.80. The Morgan fingerprint density at radius 3 is 2.42 bits per heavy atom. The maximum absolute atomic E-state index is 12.4. The number of rotatable bonds is 8. The van der Waals surface area contributed by atoms with Crippen molar-refractivity contribution in [2.24, 2.45) is 0 Å². The molecule has 3 rings (SSSR count). The number of carbonyl (C=O) groups excluding carboxylic acids is 2. The van der Waals surface area contributed by atoms with Gasteiger partial charge < -0.3 is 10.4 Å². The Morgan fingerprint density at radius 1 is 0.968 bits per heavy atom. The van der Waals surface area contributed by atoms with Gasteiger partial charge in [0, 0.05) is 19.2 Å². The van der Waals surface area contributed by atoms with Crippen LogP contribution in [-0.2, 0) is 16.1 Å². The van der Waals surface area contributed by atoms with E-state index in [1.165, 1.54) is 0 Å². The number of nitrogens with zero attached hydrogens (tertiary/aromatic N) is 1. The molecule has 0 aliphatic heterocycles. The number of H-pyrrole nitrogens is 1. The third-order valence-electron chi connectivity index (χ3n) is 4.35. The summed E-state index contributed by atoms with van der Waals surface area (Å²) in [5.74, 6) is -2.49. The Morgan fingerprint density at radius 2 is 1.71 bits per heavy atom. The summed E-state index contributed by atoms with van der Waals surface area (Å²) in [6.45, 7) is 0.215. The summed E-state index contributed by atoms with van der Waals surface area (Å²) in [6, 6.07) is 17.5. The number of aromatic nitrogens is 2. The van der Waals surface area contributed by atoms with Crippen molar-refractivity contribution in [3.8, 4) is 11.1 Å². The topological polar surface area (TPSA) is 141 Å². The van der Waals surface area contributed by atoms with E-state index in [4.69, 9.17) is 5.11 Å². The van der Waals surface area contributed by atoms with Crippen LogP contribution in [0.25, 0.3) is 11.1 Å². The molecule has 158 valence electrons. The summed E-state index contributed by atoms with van der Waals surface area (Å²) in [7, 11) is 0. The van der Waals surface area contributed by atoms with E-state index in [2.05, 4.69) is 20.6 Å². The Bertz CT molecular complexity index is 1160. The number of hydrogen-bond donors (Lipinski definition) is 4. The third-order valence-corrected chi connectivity index (χ3v) is 4.35. The number of carbonyl (C=O) groups is 3. The molecule has 0 unspecified atom stereocenters. The predicted octanol–water partition coefficient (Wildman–Crippen LogP) is 2.17. The van der Waals surface area contributed by atoms with Gasteiger partial charge >= 0.3 is 5.97 Å². The van der Waals surface area contributed by atoms with Crippen LogP contribution in [-0.4, -0.2) is 32.9 Å². The average molecular weight is 420 g/mol. The van der Waals surface area contributed by atoms with Gasteiger partial charge in [0.25, 0.3) is 11.5 Å². The number of amides is 2. The van der Waals surface area contributed by atoms with Crippen LogP contribution in [0.4, 0.5) is 5.95 Å². The number of nitrogens with one attached hydrogen (secondary N) is 3. The van der Waals surface area contributed by atoms with Crippen molar-refractivity contribution in [2.75, 3.05) is 5.32 Å². The lowest BCUT2D eigenvalue weighted by atomic mass is 10.0. The van der Waals surface area contributed by atoms with Crippen LogP contribution in [0.5, 0.6) is 0 Å². The smallest absolute Gasteiger partial charge is 0.303 e. The molecule has 0 fully saturated rings. The minimum atomic E-state index is -1.11. The van der Waals surface area contributed by atoms with E-state index < -0.39 is 23.3 Å². The average Bonchev–Trinajstić information content (AvgIpc) is 2.77. The molecule has 0 bridgehead atoms. The second-order valence-corrected chi connectivity index (χ2v) is 6.67. The molecule has 1 aromatic heterocycles.